The van der Waals surface area contributed by atoms with Crippen LogP contribution in [-0.4, -0.2) is 85.4 Å². The molecule has 2 aromatic carbocycles. The summed E-state index contributed by atoms with van der Waals surface area (Å²) in [5, 5.41) is 0. The number of alkyl halides is 3. The van der Waals surface area contributed by atoms with E-state index in [-0.39, 0.29) is 31.7 Å². The van der Waals surface area contributed by atoms with Gasteiger partial charge in [0.25, 0.3) is 0 Å². The Labute approximate surface area is 234 Å². The molecule has 0 spiro atoms. The molecule has 1 amide bonds. The first kappa shape index (κ1) is 30.2. The van der Waals surface area contributed by atoms with Crippen LogP contribution in [-0.2, 0) is 4.79 Å². The fourth-order valence-electron chi connectivity index (χ4n) is 6.38. The van der Waals surface area contributed by atoms with Crippen molar-refractivity contribution in [1.29, 1.82) is 0 Å². The SMILES string of the molecule is Cc1c(F)cccc1[C@H]1[C@@H](C(=O)N2CCC[C@H]2C(F)(F)F)CN(CCCCN(C)C)C[C@H]1C(=O)c1ccccc1. The smallest absolute Gasteiger partial charge is 0.330 e. The lowest BCUT2D eigenvalue weighted by Gasteiger charge is -2.45. The van der Waals surface area contributed by atoms with E-state index in [2.05, 4.69) is 4.90 Å². The molecule has 5 nitrogen and oxygen atoms in total. The highest BCUT2D eigenvalue weighted by Gasteiger charge is 2.52. The molecule has 0 aliphatic carbocycles. The van der Waals surface area contributed by atoms with Gasteiger partial charge < -0.3 is 14.7 Å². The van der Waals surface area contributed by atoms with Gasteiger partial charge in [-0.1, -0.05) is 42.5 Å². The van der Waals surface area contributed by atoms with Gasteiger partial charge in [0.15, 0.2) is 5.78 Å². The summed E-state index contributed by atoms with van der Waals surface area (Å²) in [4.78, 5) is 33.2. The molecule has 2 aliphatic heterocycles. The van der Waals surface area contributed by atoms with Crippen molar-refractivity contribution in [3.05, 3.63) is 71.0 Å². The average molecular weight is 562 g/mol. The molecular weight excluding hydrogens is 522 g/mol. The number of unbranched alkanes of at least 4 members (excludes halogenated alkanes) is 1. The fraction of sp³-hybridized carbons (Fsp3) is 0.548. The molecule has 0 radical (unpaired) electrons. The zero-order chi connectivity index (χ0) is 29.0. The van der Waals surface area contributed by atoms with Gasteiger partial charge in [-0.05, 0) is 77.0 Å². The maximum Gasteiger partial charge on any atom is 0.408 e. The van der Waals surface area contributed by atoms with Crippen molar-refractivity contribution in [2.45, 2.75) is 50.7 Å². The summed E-state index contributed by atoms with van der Waals surface area (Å²) in [6.07, 6.45) is -2.66. The second-order valence-electron chi connectivity index (χ2n) is 11.4. The molecule has 2 fully saturated rings. The number of rotatable bonds is 9. The van der Waals surface area contributed by atoms with E-state index < -0.39 is 41.7 Å². The summed E-state index contributed by atoms with van der Waals surface area (Å²) < 4.78 is 56.6. The third-order valence-electron chi connectivity index (χ3n) is 8.40. The average Bonchev–Trinajstić information content (AvgIpc) is 3.43. The van der Waals surface area contributed by atoms with Crippen LogP contribution in [0.2, 0.25) is 0 Å². The highest BCUT2D eigenvalue weighted by molar-refractivity contribution is 5.99. The molecule has 2 aliphatic rings. The lowest BCUT2D eigenvalue weighted by atomic mass is 9.69. The summed E-state index contributed by atoms with van der Waals surface area (Å²) in [6, 6.07) is 11.5. The van der Waals surface area contributed by atoms with Crippen molar-refractivity contribution in [2.75, 3.05) is 46.8 Å². The van der Waals surface area contributed by atoms with E-state index in [0.29, 0.717) is 29.8 Å². The van der Waals surface area contributed by atoms with E-state index in [1.54, 1.807) is 49.4 Å². The number of carbonyl (C=O) groups is 2. The van der Waals surface area contributed by atoms with Gasteiger partial charge in [-0.3, -0.25) is 9.59 Å². The van der Waals surface area contributed by atoms with E-state index in [1.807, 2.05) is 19.0 Å². The van der Waals surface area contributed by atoms with Crippen LogP contribution in [0.15, 0.2) is 48.5 Å². The largest absolute Gasteiger partial charge is 0.408 e. The molecule has 0 saturated carbocycles. The first-order valence-electron chi connectivity index (χ1n) is 14.1. The Bertz CT molecular complexity index is 1170. The van der Waals surface area contributed by atoms with Crippen LogP contribution in [0.25, 0.3) is 0 Å². The monoisotopic (exact) mass is 561 g/mol. The van der Waals surface area contributed by atoms with Gasteiger partial charge in [-0.25, -0.2) is 4.39 Å². The maximum atomic E-state index is 14.8. The Morgan fingerprint density at radius 1 is 0.975 bits per heavy atom. The summed E-state index contributed by atoms with van der Waals surface area (Å²) in [5.41, 5.74) is 1.31. The number of amides is 1. The second kappa shape index (κ2) is 12.8. The van der Waals surface area contributed by atoms with Crippen molar-refractivity contribution < 1.29 is 27.2 Å². The summed E-state index contributed by atoms with van der Waals surface area (Å²) >= 11 is 0. The first-order valence-corrected chi connectivity index (χ1v) is 14.1. The molecule has 9 heteroatoms. The predicted molar refractivity (Wildman–Crippen MR) is 147 cm³/mol. The number of Topliss-reactive ketones (excluding diaryl/α,β-unsaturated/α-hetero) is 1. The number of benzene rings is 2. The van der Waals surface area contributed by atoms with E-state index in [9.17, 15) is 27.2 Å². The van der Waals surface area contributed by atoms with E-state index >= 15 is 0 Å². The van der Waals surface area contributed by atoms with Crippen molar-refractivity contribution in [3.63, 3.8) is 0 Å². The molecule has 218 valence electrons. The van der Waals surface area contributed by atoms with Gasteiger partial charge >= 0.3 is 6.18 Å². The number of likely N-dealkylation sites (tertiary alicyclic amines) is 2. The number of halogens is 4. The highest BCUT2D eigenvalue weighted by Crippen LogP contribution is 2.43. The van der Waals surface area contributed by atoms with Crippen LogP contribution in [0.4, 0.5) is 17.6 Å². The molecule has 0 unspecified atom stereocenters. The van der Waals surface area contributed by atoms with Gasteiger partial charge in [0.05, 0.1) is 5.92 Å². The van der Waals surface area contributed by atoms with Gasteiger partial charge in [0.1, 0.15) is 11.9 Å². The molecule has 4 atom stereocenters. The maximum absolute atomic E-state index is 14.8. The topological polar surface area (TPSA) is 43.9 Å². The lowest BCUT2D eigenvalue weighted by molar-refractivity contribution is -0.185. The number of piperidine rings is 1. The standard InChI is InChI=1S/C31H39F4N3O2/c1-21-23(13-9-14-26(21)32)28-24(29(39)22-11-5-4-6-12-22)19-37(17-8-7-16-36(2)3)20-25(28)30(40)38-18-10-15-27(38)31(33,34)35/h4-6,9,11-14,24-25,27-28H,7-8,10,15-20H2,1-3H3/t24-,25+,27+,28-/m1/s1. The van der Waals surface area contributed by atoms with Crippen LogP contribution in [0.1, 0.15) is 53.1 Å². The van der Waals surface area contributed by atoms with Gasteiger partial charge in [0.2, 0.25) is 5.91 Å². The van der Waals surface area contributed by atoms with Crippen molar-refractivity contribution >= 4 is 11.7 Å². The minimum Gasteiger partial charge on any atom is -0.330 e. The summed E-state index contributed by atoms with van der Waals surface area (Å²) in [5.74, 6) is -3.62. The first-order chi connectivity index (χ1) is 19.0. The third kappa shape index (κ3) is 6.74. The van der Waals surface area contributed by atoms with E-state index in [1.165, 1.54) is 6.07 Å². The molecule has 0 bridgehead atoms. The molecule has 4 rings (SSSR count). The molecule has 0 aromatic heterocycles. The Morgan fingerprint density at radius 3 is 2.35 bits per heavy atom. The minimum absolute atomic E-state index is 0.0223. The fourth-order valence-corrected chi connectivity index (χ4v) is 6.38. The number of ketones is 1. The van der Waals surface area contributed by atoms with Crippen molar-refractivity contribution in [3.8, 4) is 0 Å². The van der Waals surface area contributed by atoms with E-state index in [0.717, 1.165) is 24.3 Å². The number of carbonyl (C=O) groups excluding carboxylic acids is 2. The quantitative estimate of drug-likeness (QED) is 0.229. The Morgan fingerprint density at radius 2 is 1.68 bits per heavy atom. The van der Waals surface area contributed by atoms with E-state index in [4.69, 9.17) is 0 Å². The molecule has 2 heterocycles. The zero-order valence-corrected chi connectivity index (χ0v) is 23.5. The van der Waals surface area contributed by atoms with Crippen molar-refractivity contribution in [1.82, 2.24) is 14.7 Å². The Hall–Kier alpha value is -2.78. The van der Waals surface area contributed by atoms with Crippen LogP contribution in [0, 0.1) is 24.6 Å². The van der Waals surface area contributed by atoms with Gasteiger partial charge in [0, 0.05) is 37.0 Å². The van der Waals surface area contributed by atoms with Gasteiger partial charge in [-0.2, -0.15) is 13.2 Å². The van der Waals surface area contributed by atoms with Crippen LogP contribution >= 0.6 is 0 Å². The second-order valence-corrected chi connectivity index (χ2v) is 11.4. The van der Waals surface area contributed by atoms with Crippen LogP contribution < -0.4 is 0 Å². The predicted octanol–water partition coefficient (Wildman–Crippen LogP) is 5.54. The summed E-state index contributed by atoms with van der Waals surface area (Å²) in [6.45, 7) is 3.71. The van der Waals surface area contributed by atoms with Crippen molar-refractivity contribution in [2.24, 2.45) is 11.8 Å². The van der Waals surface area contributed by atoms with Gasteiger partial charge in [-0.15, -0.1) is 0 Å². The zero-order valence-electron chi connectivity index (χ0n) is 23.5. The molecule has 40 heavy (non-hydrogen) atoms. The third-order valence-corrected chi connectivity index (χ3v) is 8.40. The number of hydrogen-bond acceptors (Lipinski definition) is 4. The lowest BCUT2D eigenvalue weighted by Crippen LogP contribution is -2.55. The normalized spacial score (nSPS) is 24.1. The molecular formula is C31H39F4N3O2. The van der Waals surface area contributed by atoms with Crippen LogP contribution in [0.5, 0.6) is 0 Å². The molecule has 2 aromatic rings. The number of nitrogens with zero attached hydrogens (tertiary/aromatic N) is 3. The molecule has 2 saturated heterocycles. The molecule has 0 N–H and O–H groups in total. The van der Waals surface area contributed by atoms with Crippen LogP contribution in [0.3, 0.4) is 0 Å². The summed E-state index contributed by atoms with van der Waals surface area (Å²) in [7, 11) is 3.98. The minimum atomic E-state index is -4.53. The highest BCUT2D eigenvalue weighted by atomic mass is 19.4. The Kier molecular flexibility index (Phi) is 9.67. The number of hydrogen-bond donors (Lipinski definition) is 0. The Balaban J connectivity index is 1.76.